The molecule has 0 unspecified atom stereocenters. The Hall–Kier alpha value is -2.80. The maximum atomic E-state index is 9.06. The number of nitriles is 1. The Labute approximate surface area is 143 Å². The van der Waals surface area contributed by atoms with Crippen molar-refractivity contribution < 1.29 is 4.84 Å². The molecule has 24 heavy (non-hydrogen) atoms. The number of anilines is 1. The number of benzene rings is 2. The normalized spacial score (nSPS) is 14.1. The SMILES string of the molecule is Cc1cc(N2CCCC2)ccc1/C=N\OCc1ccccc1C#N. The van der Waals surface area contributed by atoms with Crippen LogP contribution in [0.1, 0.15) is 35.1 Å². The number of hydrogen-bond acceptors (Lipinski definition) is 4. The molecule has 0 bridgehead atoms. The van der Waals surface area contributed by atoms with Gasteiger partial charge in [0.25, 0.3) is 0 Å². The lowest BCUT2D eigenvalue weighted by Gasteiger charge is -2.18. The molecule has 0 aromatic heterocycles. The molecule has 1 aliphatic rings. The zero-order valence-electron chi connectivity index (χ0n) is 13.9. The van der Waals surface area contributed by atoms with Crippen molar-refractivity contribution in [2.75, 3.05) is 18.0 Å². The first-order valence-electron chi connectivity index (χ1n) is 8.27. The summed E-state index contributed by atoms with van der Waals surface area (Å²) in [6, 6.07) is 16.0. The van der Waals surface area contributed by atoms with Crippen LogP contribution in [0, 0.1) is 18.3 Å². The fourth-order valence-electron chi connectivity index (χ4n) is 2.93. The van der Waals surface area contributed by atoms with Gasteiger partial charge >= 0.3 is 0 Å². The predicted octanol–water partition coefficient (Wildman–Crippen LogP) is 4.02. The predicted molar refractivity (Wildman–Crippen MR) is 96.2 cm³/mol. The Kier molecular flexibility index (Phi) is 5.12. The summed E-state index contributed by atoms with van der Waals surface area (Å²) >= 11 is 0. The van der Waals surface area contributed by atoms with Crippen molar-refractivity contribution in [2.24, 2.45) is 5.16 Å². The molecule has 0 spiro atoms. The van der Waals surface area contributed by atoms with Gasteiger partial charge in [0.15, 0.2) is 0 Å². The molecule has 0 radical (unpaired) electrons. The van der Waals surface area contributed by atoms with Crippen LogP contribution in [-0.4, -0.2) is 19.3 Å². The van der Waals surface area contributed by atoms with Crippen LogP contribution in [0.15, 0.2) is 47.6 Å². The van der Waals surface area contributed by atoms with Gasteiger partial charge in [0.1, 0.15) is 6.61 Å². The molecular formula is C20H21N3O. The third-order valence-corrected chi connectivity index (χ3v) is 4.35. The highest BCUT2D eigenvalue weighted by atomic mass is 16.6. The van der Waals surface area contributed by atoms with Crippen molar-refractivity contribution in [3.63, 3.8) is 0 Å². The standard InChI is InChI=1S/C20H21N3O/c1-16-12-20(23-10-4-5-11-23)9-8-18(16)14-22-24-15-19-7-3-2-6-17(19)13-21/h2-3,6-9,12,14H,4-5,10-11,15H2,1H3/b22-14-. The van der Waals surface area contributed by atoms with Gasteiger partial charge in [0.05, 0.1) is 17.8 Å². The van der Waals surface area contributed by atoms with Crippen LogP contribution >= 0.6 is 0 Å². The minimum Gasteiger partial charge on any atom is -0.391 e. The number of aryl methyl sites for hydroxylation is 1. The summed E-state index contributed by atoms with van der Waals surface area (Å²) < 4.78 is 0. The molecular weight excluding hydrogens is 298 g/mol. The summed E-state index contributed by atoms with van der Waals surface area (Å²) in [7, 11) is 0. The number of hydrogen-bond donors (Lipinski definition) is 0. The second kappa shape index (κ2) is 7.65. The highest BCUT2D eigenvalue weighted by Gasteiger charge is 2.12. The van der Waals surface area contributed by atoms with Crippen LogP contribution in [-0.2, 0) is 11.4 Å². The molecule has 0 aliphatic carbocycles. The molecule has 0 amide bonds. The van der Waals surface area contributed by atoms with E-state index in [0.717, 1.165) is 24.2 Å². The quantitative estimate of drug-likeness (QED) is 0.618. The second-order valence-corrected chi connectivity index (χ2v) is 6.01. The Morgan fingerprint density at radius 3 is 2.75 bits per heavy atom. The van der Waals surface area contributed by atoms with Crippen LogP contribution in [0.4, 0.5) is 5.69 Å². The van der Waals surface area contributed by atoms with Crippen molar-refractivity contribution in [3.05, 3.63) is 64.7 Å². The van der Waals surface area contributed by atoms with Gasteiger partial charge in [0, 0.05) is 24.3 Å². The Morgan fingerprint density at radius 2 is 2.00 bits per heavy atom. The van der Waals surface area contributed by atoms with E-state index in [4.69, 9.17) is 10.1 Å². The van der Waals surface area contributed by atoms with Crippen LogP contribution in [0.5, 0.6) is 0 Å². The summed E-state index contributed by atoms with van der Waals surface area (Å²) in [5.41, 5.74) is 4.99. The van der Waals surface area contributed by atoms with Crippen LogP contribution in [0.2, 0.25) is 0 Å². The van der Waals surface area contributed by atoms with Gasteiger partial charge < -0.3 is 9.74 Å². The smallest absolute Gasteiger partial charge is 0.143 e. The number of nitrogens with zero attached hydrogens (tertiary/aromatic N) is 3. The number of oxime groups is 1. The van der Waals surface area contributed by atoms with E-state index in [2.05, 4.69) is 41.2 Å². The van der Waals surface area contributed by atoms with Crippen molar-refractivity contribution in [2.45, 2.75) is 26.4 Å². The summed E-state index contributed by atoms with van der Waals surface area (Å²) in [5.74, 6) is 0. The second-order valence-electron chi connectivity index (χ2n) is 6.01. The molecule has 1 aliphatic heterocycles. The summed E-state index contributed by atoms with van der Waals surface area (Å²) in [6.07, 6.45) is 4.29. The average molecular weight is 319 g/mol. The molecule has 4 nitrogen and oxygen atoms in total. The van der Waals surface area contributed by atoms with Gasteiger partial charge in [0.2, 0.25) is 0 Å². The fraction of sp³-hybridized carbons (Fsp3) is 0.300. The topological polar surface area (TPSA) is 48.6 Å². The molecule has 122 valence electrons. The molecule has 4 heteroatoms. The molecule has 0 saturated carbocycles. The lowest BCUT2D eigenvalue weighted by Crippen LogP contribution is -2.17. The van der Waals surface area contributed by atoms with E-state index in [9.17, 15) is 0 Å². The highest BCUT2D eigenvalue weighted by molar-refractivity contribution is 5.82. The van der Waals surface area contributed by atoms with E-state index in [-0.39, 0.29) is 0 Å². The van der Waals surface area contributed by atoms with Gasteiger partial charge in [-0.25, -0.2) is 0 Å². The van der Waals surface area contributed by atoms with E-state index >= 15 is 0 Å². The Morgan fingerprint density at radius 1 is 1.21 bits per heavy atom. The Bertz CT molecular complexity index is 771. The third-order valence-electron chi connectivity index (χ3n) is 4.35. The molecule has 3 rings (SSSR count). The first-order valence-corrected chi connectivity index (χ1v) is 8.27. The maximum absolute atomic E-state index is 9.06. The van der Waals surface area contributed by atoms with E-state index in [1.165, 1.54) is 24.1 Å². The third kappa shape index (κ3) is 3.75. The summed E-state index contributed by atoms with van der Waals surface area (Å²) in [6.45, 7) is 4.68. The zero-order chi connectivity index (χ0) is 16.8. The van der Waals surface area contributed by atoms with E-state index in [1.54, 1.807) is 12.3 Å². The van der Waals surface area contributed by atoms with Crippen LogP contribution in [0.3, 0.4) is 0 Å². The molecule has 0 N–H and O–H groups in total. The molecule has 2 aromatic rings. The number of rotatable bonds is 5. The Balaban J connectivity index is 1.61. The highest BCUT2D eigenvalue weighted by Crippen LogP contribution is 2.22. The van der Waals surface area contributed by atoms with Gasteiger partial charge in [-0.15, -0.1) is 0 Å². The van der Waals surface area contributed by atoms with E-state index in [1.807, 2.05) is 18.2 Å². The van der Waals surface area contributed by atoms with Crippen molar-refractivity contribution in [1.82, 2.24) is 0 Å². The lowest BCUT2D eigenvalue weighted by molar-refractivity contribution is 0.132. The molecule has 1 fully saturated rings. The molecule has 1 saturated heterocycles. The lowest BCUT2D eigenvalue weighted by atomic mass is 10.1. The van der Waals surface area contributed by atoms with Gasteiger partial charge in [-0.05, 0) is 49.1 Å². The summed E-state index contributed by atoms with van der Waals surface area (Å²) in [5, 5.41) is 13.1. The fourth-order valence-corrected chi connectivity index (χ4v) is 2.93. The van der Waals surface area contributed by atoms with E-state index in [0.29, 0.717) is 12.2 Å². The van der Waals surface area contributed by atoms with Crippen molar-refractivity contribution >= 4 is 11.9 Å². The first kappa shape index (κ1) is 16.1. The van der Waals surface area contributed by atoms with Crippen molar-refractivity contribution in [3.8, 4) is 6.07 Å². The van der Waals surface area contributed by atoms with Gasteiger partial charge in [-0.2, -0.15) is 5.26 Å². The maximum Gasteiger partial charge on any atom is 0.143 e. The summed E-state index contributed by atoms with van der Waals surface area (Å²) in [4.78, 5) is 7.78. The van der Waals surface area contributed by atoms with Gasteiger partial charge in [-0.3, -0.25) is 0 Å². The van der Waals surface area contributed by atoms with Crippen LogP contribution < -0.4 is 4.90 Å². The van der Waals surface area contributed by atoms with E-state index < -0.39 is 0 Å². The van der Waals surface area contributed by atoms with Gasteiger partial charge in [-0.1, -0.05) is 29.4 Å². The van der Waals surface area contributed by atoms with Crippen LogP contribution in [0.25, 0.3) is 0 Å². The van der Waals surface area contributed by atoms with Crippen molar-refractivity contribution in [1.29, 1.82) is 5.26 Å². The monoisotopic (exact) mass is 319 g/mol. The zero-order valence-corrected chi connectivity index (χ0v) is 13.9. The average Bonchev–Trinajstić information content (AvgIpc) is 3.14. The minimum atomic E-state index is 0.297. The molecule has 1 heterocycles. The first-order chi connectivity index (χ1) is 11.8. The molecule has 0 atom stereocenters. The minimum absolute atomic E-state index is 0.297. The molecule has 2 aromatic carbocycles. The largest absolute Gasteiger partial charge is 0.391 e.